The van der Waals surface area contributed by atoms with Gasteiger partial charge < -0.3 is 0 Å². The summed E-state index contributed by atoms with van der Waals surface area (Å²) >= 11 is 3.62. The highest BCUT2D eigenvalue weighted by molar-refractivity contribution is 8.17. The second kappa shape index (κ2) is 7.18. The highest BCUT2D eigenvalue weighted by atomic mass is 32.2. The molecule has 0 radical (unpaired) electrons. The Morgan fingerprint density at radius 1 is 1.62 bits per heavy atom. The Morgan fingerprint density at radius 3 is 2.88 bits per heavy atom. The highest BCUT2D eigenvalue weighted by Gasteiger charge is 1.73. The molecule has 0 amide bonds. The van der Waals surface area contributed by atoms with Crippen LogP contribution in [-0.2, 0) is 0 Å². The molecule has 0 aliphatic rings. The lowest BCUT2D eigenvalue weighted by Gasteiger charge is -1.84. The largest absolute Gasteiger partial charge is 0.154 e. The van der Waals surface area contributed by atoms with Crippen LogP contribution in [0.5, 0.6) is 0 Å². The summed E-state index contributed by atoms with van der Waals surface area (Å²) in [6.45, 7) is 3.55. The maximum absolute atomic E-state index is 3.55. The molecule has 2 heteroatoms. The summed E-state index contributed by atoms with van der Waals surface area (Å²) in [6.07, 6.45) is 5.82. The molecule has 0 spiro atoms. The third kappa shape index (κ3) is 6.18. The lowest BCUT2D eigenvalue weighted by atomic mass is 10.6. The van der Waals surface area contributed by atoms with Gasteiger partial charge in [-0.2, -0.15) is 11.8 Å². The molecule has 0 saturated heterocycles. The van der Waals surface area contributed by atoms with Crippen molar-refractivity contribution in [1.82, 2.24) is 0 Å². The molecule has 0 aromatic heterocycles. The van der Waals surface area contributed by atoms with Crippen LogP contribution < -0.4 is 0 Å². The van der Waals surface area contributed by atoms with Gasteiger partial charge in [-0.1, -0.05) is 18.7 Å². The first-order chi connectivity index (χ1) is 3.91. The molecule has 8 heavy (non-hydrogen) atoms. The third-order valence-corrected chi connectivity index (χ3v) is 2.33. The van der Waals surface area contributed by atoms with Crippen molar-refractivity contribution in [3.05, 3.63) is 24.1 Å². The number of hydrogen-bond donors (Lipinski definition) is 0. The van der Waals surface area contributed by atoms with Gasteiger partial charge in [0.15, 0.2) is 0 Å². The van der Waals surface area contributed by atoms with E-state index in [9.17, 15) is 0 Å². The zero-order valence-electron chi connectivity index (χ0n) is 4.96. The lowest BCUT2D eigenvalue weighted by Crippen LogP contribution is -1.57. The highest BCUT2D eigenvalue weighted by Crippen LogP contribution is 2.08. The summed E-state index contributed by atoms with van der Waals surface area (Å²) in [4.78, 5) is 0. The van der Waals surface area contributed by atoms with E-state index in [1.807, 2.05) is 23.2 Å². The van der Waals surface area contributed by atoms with Crippen LogP contribution in [0.3, 0.4) is 0 Å². The first kappa shape index (κ1) is 8.18. The van der Waals surface area contributed by atoms with Gasteiger partial charge in [0.2, 0.25) is 0 Å². The summed E-state index contributed by atoms with van der Waals surface area (Å²) < 4.78 is 0. The van der Waals surface area contributed by atoms with Crippen LogP contribution in [0.2, 0.25) is 0 Å². The molecule has 46 valence electrons. The van der Waals surface area contributed by atoms with E-state index in [1.54, 1.807) is 17.8 Å². The minimum atomic E-state index is 1.13. The smallest absolute Gasteiger partial charge is 0.0430 e. The van der Waals surface area contributed by atoms with E-state index in [-0.39, 0.29) is 0 Å². The van der Waals surface area contributed by atoms with Crippen molar-refractivity contribution in [3.8, 4) is 0 Å². The van der Waals surface area contributed by atoms with Crippen LogP contribution in [-0.4, -0.2) is 11.3 Å². The molecular weight excluding hydrogens is 136 g/mol. The zero-order valence-corrected chi connectivity index (χ0v) is 6.60. The topological polar surface area (TPSA) is 0 Å². The molecule has 0 atom stereocenters. The molecule has 0 rings (SSSR count). The zero-order chi connectivity index (χ0) is 6.24. The Hall–Kier alpha value is 0.180. The van der Waals surface area contributed by atoms with E-state index in [0.717, 1.165) is 5.08 Å². The molecule has 0 aromatic rings. The monoisotopic (exact) mass is 146 g/mol. The SMILES string of the molecule is C=C/C=C\SCSC. The quantitative estimate of drug-likeness (QED) is 0.340. The average molecular weight is 146 g/mol. The molecule has 0 bridgehead atoms. The van der Waals surface area contributed by atoms with Crippen molar-refractivity contribution in [1.29, 1.82) is 0 Å². The minimum absolute atomic E-state index is 1.13. The van der Waals surface area contributed by atoms with Gasteiger partial charge >= 0.3 is 0 Å². The first-order valence-corrected chi connectivity index (χ1v) is 4.74. The Bertz CT molecular complexity index is 76.6. The average Bonchev–Trinajstić information content (AvgIpc) is 1.81. The number of allylic oxidation sites excluding steroid dienone is 2. The van der Waals surface area contributed by atoms with Crippen molar-refractivity contribution in [3.63, 3.8) is 0 Å². The predicted octanol–water partition coefficient (Wildman–Crippen LogP) is 2.74. The van der Waals surface area contributed by atoms with Crippen LogP contribution in [0.15, 0.2) is 24.1 Å². The van der Waals surface area contributed by atoms with E-state index in [2.05, 4.69) is 12.8 Å². The Balaban J connectivity index is 2.91. The van der Waals surface area contributed by atoms with Crippen LogP contribution in [0.4, 0.5) is 0 Å². The van der Waals surface area contributed by atoms with Crippen LogP contribution in [0, 0.1) is 0 Å². The molecular formula is C6H10S2. The van der Waals surface area contributed by atoms with Crippen molar-refractivity contribution in [2.75, 3.05) is 11.3 Å². The second-order valence-corrected chi connectivity index (χ2v) is 3.26. The van der Waals surface area contributed by atoms with Crippen molar-refractivity contribution in [2.45, 2.75) is 0 Å². The van der Waals surface area contributed by atoms with Gasteiger partial charge in [0.1, 0.15) is 0 Å². The van der Waals surface area contributed by atoms with Crippen LogP contribution in [0.25, 0.3) is 0 Å². The standard InChI is InChI=1S/C6H10S2/c1-3-4-5-8-6-7-2/h3-5H,1,6H2,2H3/b5-4-. The third-order valence-electron chi connectivity index (χ3n) is 0.497. The molecule has 0 unspecified atom stereocenters. The van der Waals surface area contributed by atoms with Gasteiger partial charge in [-0.15, -0.1) is 11.8 Å². The maximum Gasteiger partial charge on any atom is 0.0430 e. The van der Waals surface area contributed by atoms with E-state index in [0.29, 0.717) is 0 Å². The maximum atomic E-state index is 3.55. The Kier molecular flexibility index (Phi) is 7.34. The summed E-state index contributed by atoms with van der Waals surface area (Å²) in [6, 6.07) is 0. The van der Waals surface area contributed by atoms with E-state index < -0.39 is 0 Å². The molecule has 0 heterocycles. The molecule has 0 nitrogen and oxygen atoms in total. The first-order valence-electron chi connectivity index (χ1n) is 2.30. The predicted molar refractivity (Wildman–Crippen MR) is 45.3 cm³/mol. The number of thioether (sulfide) groups is 2. The van der Waals surface area contributed by atoms with E-state index >= 15 is 0 Å². The van der Waals surface area contributed by atoms with Crippen LogP contribution in [0.1, 0.15) is 0 Å². The fourth-order valence-corrected chi connectivity index (χ4v) is 1.30. The van der Waals surface area contributed by atoms with Crippen LogP contribution >= 0.6 is 23.5 Å². The summed E-state index contributed by atoms with van der Waals surface area (Å²) in [5.74, 6) is 0. The normalized spacial score (nSPS) is 10.1. The molecule has 0 fully saturated rings. The summed E-state index contributed by atoms with van der Waals surface area (Å²) in [7, 11) is 0. The second-order valence-electron chi connectivity index (χ2n) is 1.14. The Labute approximate surface area is 59.4 Å². The molecule has 0 aliphatic heterocycles. The lowest BCUT2D eigenvalue weighted by molar-refractivity contribution is 2.10. The molecule has 0 N–H and O–H groups in total. The van der Waals surface area contributed by atoms with Gasteiger partial charge in [0.05, 0.1) is 0 Å². The fourth-order valence-electron chi connectivity index (χ4n) is 0.218. The van der Waals surface area contributed by atoms with Gasteiger partial charge in [0.25, 0.3) is 0 Å². The fraction of sp³-hybridized carbons (Fsp3) is 0.333. The van der Waals surface area contributed by atoms with Gasteiger partial charge in [-0.05, 0) is 11.7 Å². The van der Waals surface area contributed by atoms with Crippen molar-refractivity contribution >= 4 is 23.5 Å². The van der Waals surface area contributed by atoms with Gasteiger partial charge in [0, 0.05) is 5.08 Å². The van der Waals surface area contributed by atoms with Crippen molar-refractivity contribution in [2.24, 2.45) is 0 Å². The summed E-state index contributed by atoms with van der Waals surface area (Å²) in [5.41, 5.74) is 0. The Morgan fingerprint density at radius 2 is 2.38 bits per heavy atom. The van der Waals surface area contributed by atoms with Gasteiger partial charge in [-0.3, -0.25) is 0 Å². The number of hydrogen-bond acceptors (Lipinski definition) is 2. The minimum Gasteiger partial charge on any atom is -0.154 e. The number of rotatable bonds is 4. The molecule has 0 aliphatic carbocycles. The van der Waals surface area contributed by atoms with Gasteiger partial charge in [-0.25, -0.2) is 0 Å². The summed E-state index contributed by atoms with van der Waals surface area (Å²) in [5, 5.41) is 3.17. The van der Waals surface area contributed by atoms with Crippen molar-refractivity contribution < 1.29 is 0 Å². The molecule has 0 aromatic carbocycles. The van der Waals surface area contributed by atoms with E-state index in [1.165, 1.54) is 0 Å². The van der Waals surface area contributed by atoms with E-state index in [4.69, 9.17) is 0 Å². The molecule has 0 saturated carbocycles.